The van der Waals surface area contributed by atoms with Crippen molar-refractivity contribution in [2.24, 2.45) is 0 Å². The van der Waals surface area contributed by atoms with Crippen LogP contribution in [0, 0.1) is 9.39 Å². The molecule has 0 bridgehead atoms. The van der Waals surface area contributed by atoms with E-state index >= 15 is 0 Å². The lowest BCUT2D eigenvalue weighted by Crippen LogP contribution is -2.30. The van der Waals surface area contributed by atoms with Gasteiger partial charge in [0.05, 0.1) is 6.54 Å². The second kappa shape index (κ2) is 9.83. The minimum absolute atomic E-state index is 0.101. The van der Waals surface area contributed by atoms with Crippen LogP contribution >= 0.6 is 38.5 Å². The number of rotatable bonds is 6. The van der Waals surface area contributed by atoms with Crippen LogP contribution in [0.15, 0.2) is 76.9 Å². The molecule has 1 saturated heterocycles. The molecule has 0 atom stereocenters. The Hall–Kier alpha value is -2.72. The molecular weight excluding hydrogens is 590 g/mol. The van der Waals surface area contributed by atoms with Crippen molar-refractivity contribution in [3.05, 3.63) is 103 Å². The number of carbonyl (C=O) groups excluding carboxylic acids is 2. The summed E-state index contributed by atoms with van der Waals surface area (Å²) in [6, 6.07) is 18.9. The number of urea groups is 1. The topological polar surface area (TPSA) is 58.6 Å². The first kappa shape index (κ1) is 22.5. The quantitative estimate of drug-likeness (QED) is 0.217. The van der Waals surface area contributed by atoms with Gasteiger partial charge in [0.1, 0.15) is 23.9 Å². The average Bonchev–Trinajstić information content (AvgIpc) is 3.03. The van der Waals surface area contributed by atoms with Gasteiger partial charge in [-0.2, -0.15) is 0 Å². The number of benzene rings is 3. The maximum Gasteiger partial charge on any atom is 0.329 e. The minimum Gasteiger partial charge on any atom is -0.488 e. The smallest absolute Gasteiger partial charge is 0.329 e. The lowest BCUT2D eigenvalue weighted by atomic mass is 10.1. The highest BCUT2D eigenvalue weighted by Crippen LogP contribution is 2.28. The Morgan fingerprint density at radius 3 is 2.56 bits per heavy atom. The highest BCUT2D eigenvalue weighted by atomic mass is 127. The summed E-state index contributed by atoms with van der Waals surface area (Å²) in [4.78, 5) is 26.2. The molecule has 3 aromatic carbocycles. The van der Waals surface area contributed by atoms with Crippen LogP contribution in [0.5, 0.6) is 5.75 Å². The number of halogens is 3. The molecule has 4 rings (SSSR count). The number of carbonyl (C=O) groups is 2. The molecule has 1 aliphatic rings. The molecule has 0 radical (unpaired) electrons. The van der Waals surface area contributed by atoms with E-state index in [0.717, 1.165) is 18.5 Å². The van der Waals surface area contributed by atoms with Crippen molar-refractivity contribution in [3.63, 3.8) is 0 Å². The Labute approximate surface area is 206 Å². The third-order valence-corrected chi connectivity index (χ3v) is 6.04. The first-order valence-corrected chi connectivity index (χ1v) is 11.5. The highest BCUT2D eigenvalue weighted by Gasteiger charge is 2.34. The predicted molar refractivity (Wildman–Crippen MR) is 131 cm³/mol. The van der Waals surface area contributed by atoms with E-state index in [1.54, 1.807) is 36.4 Å². The van der Waals surface area contributed by atoms with E-state index in [9.17, 15) is 14.0 Å². The van der Waals surface area contributed by atoms with Gasteiger partial charge in [-0.15, -0.1) is 0 Å². The largest absolute Gasteiger partial charge is 0.488 e. The molecule has 0 unspecified atom stereocenters. The van der Waals surface area contributed by atoms with Crippen LogP contribution in [0.4, 0.5) is 9.18 Å². The number of nitrogens with zero attached hydrogens (tertiary/aromatic N) is 1. The highest BCUT2D eigenvalue weighted by molar-refractivity contribution is 14.1. The second-order valence-corrected chi connectivity index (χ2v) is 9.23. The van der Waals surface area contributed by atoms with Crippen LogP contribution < -0.4 is 10.1 Å². The fourth-order valence-corrected chi connectivity index (χ4v) is 3.91. The molecule has 1 N–H and O–H groups in total. The fourth-order valence-electron chi connectivity index (χ4n) is 3.17. The summed E-state index contributed by atoms with van der Waals surface area (Å²) in [5.74, 6) is -0.431. The van der Waals surface area contributed by atoms with Gasteiger partial charge in [-0.3, -0.25) is 9.69 Å². The number of amides is 3. The summed E-state index contributed by atoms with van der Waals surface area (Å²) in [6.07, 6.45) is 1.57. The van der Waals surface area contributed by atoms with Crippen molar-refractivity contribution in [2.75, 3.05) is 0 Å². The Balaban J connectivity index is 1.55. The van der Waals surface area contributed by atoms with Gasteiger partial charge >= 0.3 is 6.03 Å². The first-order chi connectivity index (χ1) is 15.4. The molecule has 3 aromatic rings. The lowest BCUT2D eigenvalue weighted by molar-refractivity contribution is -0.123. The molecule has 0 aromatic heterocycles. The number of hydrogen-bond acceptors (Lipinski definition) is 3. The number of hydrogen-bond donors (Lipinski definition) is 1. The van der Waals surface area contributed by atoms with Crippen molar-refractivity contribution in [1.82, 2.24) is 10.2 Å². The molecule has 8 heteroatoms. The van der Waals surface area contributed by atoms with E-state index in [0.29, 0.717) is 17.9 Å². The SMILES string of the molecule is O=C1N/C(=C/c2cc(Br)ccc2OCc2ccc(I)cc2)C(=O)N1Cc1ccccc1F. The van der Waals surface area contributed by atoms with E-state index in [4.69, 9.17) is 4.74 Å². The van der Waals surface area contributed by atoms with Crippen molar-refractivity contribution in [2.45, 2.75) is 13.2 Å². The van der Waals surface area contributed by atoms with Gasteiger partial charge in [0.15, 0.2) is 0 Å². The summed E-state index contributed by atoms with van der Waals surface area (Å²) in [7, 11) is 0. The zero-order valence-corrected chi connectivity index (χ0v) is 20.4. The Morgan fingerprint density at radius 1 is 1.06 bits per heavy atom. The van der Waals surface area contributed by atoms with Gasteiger partial charge in [0.2, 0.25) is 0 Å². The summed E-state index contributed by atoms with van der Waals surface area (Å²) in [5.41, 5.74) is 2.00. The summed E-state index contributed by atoms with van der Waals surface area (Å²) < 4.78 is 21.9. The monoisotopic (exact) mass is 606 g/mol. The Bertz CT molecular complexity index is 1210. The molecule has 0 aliphatic carbocycles. The number of nitrogens with one attached hydrogen (secondary N) is 1. The fraction of sp³-hybridized carbons (Fsp3) is 0.0833. The zero-order valence-electron chi connectivity index (χ0n) is 16.6. The van der Waals surface area contributed by atoms with Gasteiger partial charge in [0.25, 0.3) is 5.91 Å². The van der Waals surface area contributed by atoms with E-state index in [-0.39, 0.29) is 17.8 Å². The maximum absolute atomic E-state index is 14.0. The minimum atomic E-state index is -0.596. The maximum atomic E-state index is 14.0. The van der Waals surface area contributed by atoms with Crippen LogP contribution in [0.3, 0.4) is 0 Å². The van der Waals surface area contributed by atoms with Gasteiger partial charge in [-0.1, -0.05) is 46.3 Å². The molecule has 1 aliphatic heterocycles. The van der Waals surface area contributed by atoms with Crippen LogP contribution in [-0.2, 0) is 17.9 Å². The molecule has 162 valence electrons. The third-order valence-electron chi connectivity index (χ3n) is 4.83. The third kappa shape index (κ3) is 5.18. The lowest BCUT2D eigenvalue weighted by Gasteiger charge is -2.12. The first-order valence-electron chi connectivity index (χ1n) is 9.65. The molecule has 5 nitrogen and oxygen atoms in total. The summed E-state index contributed by atoms with van der Waals surface area (Å²) in [6.45, 7) is 0.206. The molecule has 1 heterocycles. The Kier molecular flexibility index (Phi) is 6.90. The zero-order chi connectivity index (χ0) is 22.7. The average molecular weight is 607 g/mol. The van der Waals surface area contributed by atoms with E-state index in [1.165, 1.54) is 6.07 Å². The van der Waals surface area contributed by atoms with Crippen molar-refractivity contribution in [1.29, 1.82) is 0 Å². The number of imide groups is 1. The van der Waals surface area contributed by atoms with Crippen LogP contribution in [0.2, 0.25) is 0 Å². The molecular formula is C24H17BrFIN2O3. The van der Waals surface area contributed by atoms with E-state index in [1.807, 2.05) is 30.3 Å². The van der Waals surface area contributed by atoms with Crippen molar-refractivity contribution in [3.8, 4) is 5.75 Å². The normalized spacial score (nSPS) is 14.7. The van der Waals surface area contributed by atoms with Gasteiger partial charge in [-0.05, 0) is 70.6 Å². The van der Waals surface area contributed by atoms with Gasteiger partial charge in [-0.25, -0.2) is 9.18 Å². The molecule has 3 amide bonds. The molecule has 1 fully saturated rings. The van der Waals surface area contributed by atoms with Crippen molar-refractivity contribution >= 4 is 56.5 Å². The van der Waals surface area contributed by atoms with Crippen molar-refractivity contribution < 1.29 is 18.7 Å². The van der Waals surface area contributed by atoms with Gasteiger partial charge < -0.3 is 10.1 Å². The second-order valence-electron chi connectivity index (χ2n) is 7.07. The van der Waals surface area contributed by atoms with Crippen LogP contribution in [0.1, 0.15) is 16.7 Å². The van der Waals surface area contributed by atoms with E-state index < -0.39 is 17.8 Å². The number of ether oxygens (including phenoxy) is 1. The molecule has 0 saturated carbocycles. The molecule has 0 spiro atoms. The summed E-state index contributed by atoms with van der Waals surface area (Å²) in [5, 5.41) is 2.57. The van der Waals surface area contributed by atoms with E-state index in [2.05, 4.69) is 43.8 Å². The predicted octanol–water partition coefficient (Wildman–Crippen LogP) is 5.86. The molecule has 32 heavy (non-hydrogen) atoms. The summed E-state index contributed by atoms with van der Waals surface area (Å²) >= 11 is 5.67. The van der Waals surface area contributed by atoms with Gasteiger partial charge in [0, 0.05) is 19.2 Å². The van der Waals surface area contributed by atoms with Crippen LogP contribution in [0.25, 0.3) is 6.08 Å². The van der Waals surface area contributed by atoms with Crippen LogP contribution in [-0.4, -0.2) is 16.8 Å². The standard InChI is InChI=1S/C24H17BrFIN2O3/c25-18-7-10-22(32-14-15-5-8-19(27)9-6-15)17(11-18)12-21-23(30)29(24(31)28-21)13-16-3-1-2-4-20(16)26/h1-12H,13-14H2,(H,28,31)/b21-12+. The Morgan fingerprint density at radius 2 is 1.81 bits per heavy atom.